The van der Waals surface area contributed by atoms with E-state index in [4.69, 9.17) is 11.6 Å². The van der Waals surface area contributed by atoms with Gasteiger partial charge in [-0.05, 0) is 43.9 Å². The Labute approximate surface area is 220 Å². The summed E-state index contributed by atoms with van der Waals surface area (Å²) in [6.07, 6.45) is 1.76. The van der Waals surface area contributed by atoms with Crippen LogP contribution in [0.15, 0.2) is 54.6 Å². The highest BCUT2D eigenvalue weighted by atomic mass is 35.5. The molecule has 3 aliphatic rings. The van der Waals surface area contributed by atoms with Crippen molar-refractivity contribution in [2.45, 2.75) is 47.8 Å². The average molecular weight is 528 g/mol. The van der Waals surface area contributed by atoms with Gasteiger partial charge in [0.2, 0.25) is 17.7 Å². The lowest BCUT2D eigenvalue weighted by molar-refractivity contribution is -0.142. The molecule has 0 radical (unpaired) electrons. The van der Waals surface area contributed by atoms with Crippen molar-refractivity contribution < 1.29 is 19.5 Å². The number of thioether (sulfide) groups is 1. The number of likely N-dealkylation sites (tertiary alicyclic amines) is 1. The minimum absolute atomic E-state index is 0.180. The molecule has 5 rings (SSSR count). The number of hydrogen-bond acceptors (Lipinski definition) is 5. The standard InChI is InChI=1S/C27H30ClN3O4S/c1-26-12-13-27(36-26)21(20(26)23(33)29-2)25(35)31(17(15-32)14-16-8-4-3-5-9-16)22(27)24(34)30-19-11-7-6-10-18(19)28/h3-11,17,20-22,32H,12-15H2,1-2H3,(H,29,33)(H,30,34)/t17-,20-,21+,22?,26+,27?/m1/s1. The summed E-state index contributed by atoms with van der Waals surface area (Å²) in [6.45, 7) is 1.73. The van der Waals surface area contributed by atoms with Gasteiger partial charge in [0.15, 0.2) is 0 Å². The van der Waals surface area contributed by atoms with E-state index in [2.05, 4.69) is 10.6 Å². The smallest absolute Gasteiger partial charge is 0.248 e. The molecule has 3 N–H and O–H groups in total. The zero-order valence-electron chi connectivity index (χ0n) is 20.2. The summed E-state index contributed by atoms with van der Waals surface area (Å²) >= 11 is 7.94. The van der Waals surface area contributed by atoms with Gasteiger partial charge in [0.1, 0.15) is 6.04 Å². The third-order valence-electron chi connectivity index (χ3n) is 8.04. The van der Waals surface area contributed by atoms with Crippen LogP contribution in [0.25, 0.3) is 0 Å². The van der Waals surface area contributed by atoms with Crippen LogP contribution in [0.5, 0.6) is 0 Å². The Morgan fingerprint density at radius 3 is 2.50 bits per heavy atom. The number of benzene rings is 2. The van der Waals surface area contributed by atoms with Crippen LogP contribution in [0, 0.1) is 11.8 Å². The fourth-order valence-electron chi connectivity index (χ4n) is 6.51. The third kappa shape index (κ3) is 3.81. The molecule has 3 aliphatic heterocycles. The number of nitrogens with zero attached hydrogens (tertiary/aromatic N) is 1. The van der Waals surface area contributed by atoms with Crippen LogP contribution in [-0.4, -0.2) is 63.0 Å². The van der Waals surface area contributed by atoms with E-state index in [0.29, 0.717) is 23.6 Å². The van der Waals surface area contributed by atoms with Crippen LogP contribution in [0.3, 0.4) is 0 Å². The van der Waals surface area contributed by atoms with E-state index in [1.54, 1.807) is 48.0 Å². The molecule has 0 aliphatic carbocycles. The van der Waals surface area contributed by atoms with Crippen molar-refractivity contribution in [3.8, 4) is 0 Å². The first-order valence-corrected chi connectivity index (χ1v) is 13.4. The highest BCUT2D eigenvalue weighted by Gasteiger charge is 2.77. The summed E-state index contributed by atoms with van der Waals surface area (Å²) in [5.74, 6) is -1.97. The molecule has 7 nitrogen and oxygen atoms in total. The number of rotatable bonds is 7. The predicted octanol–water partition coefficient (Wildman–Crippen LogP) is 3.11. The SMILES string of the molecule is CNC(=O)[C@H]1[C@H]2C(=O)N([C@@H](CO)Cc3ccccc3)C(C(=O)Nc3ccccc3Cl)C23CC[C@]1(C)S3. The van der Waals surface area contributed by atoms with Crippen molar-refractivity contribution in [3.05, 3.63) is 65.2 Å². The van der Waals surface area contributed by atoms with Gasteiger partial charge < -0.3 is 20.6 Å². The summed E-state index contributed by atoms with van der Waals surface area (Å²) in [4.78, 5) is 42.8. The lowest BCUT2D eigenvalue weighted by Gasteiger charge is -2.37. The molecule has 1 spiro atoms. The topological polar surface area (TPSA) is 98.7 Å². The van der Waals surface area contributed by atoms with Gasteiger partial charge in [0, 0.05) is 11.8 Å². The number of amides is 3. The third-order valence-corrected chi connectivity index (χ3v) is 10.4. The Morgan fingerprint density at radius 1 is 1.14 bits per heavy atom. The zero-order valence-corrected chi connectivity index (χ0v) is 21.8. The molecule has 2 aromatic carbocycles. The number of halogens is 1. The number of anilines is 1. The zero-order chi connectivity index (χ0) is 25.7. The molecule has 9 heteroatoms. The fourth-order valence-corrected chi connectivity index (χ4v) is 9.04. The van der Waals surface area contributed by atoms with Crippen molar-refractivity contribution in [1.29, 1.82) is 0 Å². The second-order valence-electron chi connectivity index (χ2n) is 10.1. The van der Waals surface area contributed by atoms with Crippen LogP contribution in [-0.2, 0) is 20.8 Å². The Morgan fingerprint density at radius 2 is 1.83 bits per heavy atom. The number of fused-ring (bicyclic) bond motifs is 1. The van der Waals surface area contributed by atoms with E-state index in [1.807, 2.05) is 37.3 Å². The second-order valence-corrected chi connectivity index (χ2v) is 12.4. The summed E-state index contributed by atoms with van der Waals surface area (Å²) in [5.41, 5.74) is 1.42. The minimum Gasteiger partial charge on any atom is -0.394 e. The Balaban J connectivity index is 1.58. The quantitative estimate of drug-likeness (QED) is 0.514. The molecule has 2 unspecified atom stereocenters. The average Bonchev–Trinajstić information content (AvgIpc) is 3.45. The Kier molecular flexibility index (Phi) is 6.55. The van der Waals surface area contributed by atoms with E-state index in [0.717, 1.165) is 12.0 Å². The Hall–Kier alpha value is -2.55. The first-order valence-electron chi connectivity index (χ1n) is 12.2. The van der Waals surface area contributed by atoms with Gasteiger partial charge in [-0.1, -0.05) is 54.1 Å². The minimum atomic E-state index is -0.853. The maximum atomic E-state index is 14.2. The number of aliphatic hydroxyl groups excluding tert-OH is 1. The van der Waals surface area contributed by atoms with Crippen molar-refractivity contribution >= 4 is 46.8 Å². The highest BCUT2D eigenvalue weighted by Crippen LogP contribution is 2.71. The van der Waals surface area contributed by atoms with Crippen LogP contribution < -0.4 is 10.6 Å². The maximum Gasteiger partial charge on any atom is 0.248 e. The van der Waals surface area contributed by atoms with E-state index >= 15 is 0 Å². The number of nitrogens with one attached hydrogen (secondary N) is 2. The molecule has 36 heavy (non-hydrogen) atoms. The molecule has 3 heterocycles. The van der Waals surface area contributed by atoms with Crippen molar-refractivity contribution in [2.75, 3.05) is 19.0 Å². The number of carbonyl (C=O) groups is 3. The van der Waals surface area contributed by atoms with Crippen LogP contribution in [0.1, 0.15) is 25.3 Å². The maximum absolute atomic E-state index is 14.2. The van der Waals surface area contributed by atoms with E-state index in [9.17, 15) is 19.5 Å². The normalized spacial score (nSPS) is 31.3. The summed E-state index contributed by atoms with van der Waals surface area (Å²) in [7, 11) is 1.58. The summed E-state index contributed by atoms with van der Waals surface area (Å²) in [6, 6.07) is 15.1. The van der Waals surface area contributed by atoms with Gasteiger partial charge in [-0.25, -0.2) is 0 Å². The van der Waals surface area contributed by atoms with Gasteiger partial charge in [-0.2, -0.15) is 0 Å². The van der Waals surface area contributed by atoms with E-state index in [1.165, 1.54) is 0 Å². The molecule has 0 aromatic heterocycles. The largest absolute Gasteiger partial charge is 0.394 e. The molecule has 3 saturated heterocycles. The monoisotopic (exact) mass is 527 g/mol. The number of carbonyl (C=O) groups excluding carboxylic acids is 3. The van der Waals surface area contributed by atoms with Crippen molar-refractivity contribution in [1.82, 2.24) is 10.2 Å². The van der Waals surface area contributed by atoms with Crippen molar-refractivity contribution in [2.24, 2.45) is 11.8 Å². The van der Waals surface area contributed by atoms with Gasteiger partial charge in [-0.15, -0.1) is 11.8 Å². The first kappa shape index (κ1) is 25.1. The molecule has 6 atom stereocenters. The van der Waals surface area contributed by atoms with Crippen LogP contribution >= 0.6 is 23.4 Å². The van der Waals surface area contributed by atoms with Crippen LogP contribution in [0.4, 0.5) is 5.69 Å². The Bertz CT molecular complexity index is 1200. The first-order chi connectivity index (χ1) is 17.3. The highest BCUT2D eigenvalue weighted by molar-refractivity contribution is 8.02. The van der Waals surface area contributed by atoms with Gasteiger partial charge in [0.05, 0.1) is 39.9 Å². The molecule has 3 amide bonds. The second kappa shape index (κ2) is 9.39. The fraction of sp³-hybridized carbons (Fsp3) is 0.444. The van der Waals surface area contributed by atoms with Gasteiger partial charge in [0.25, 0.3) is 0 Å². The number of hydrogen-bond donors (Lipinski definition) is 3. The lowest BCUT2D eigenvalue weighted by Crippen LogP contribution is -2.55. The van der Waals surface area contributed by atoms with Gasteiger partial charge in [-0.3, -0.25) is 14.4 Å². The molecular formula is C27H30ClN3O4S. The molecule has 0 saturated carbocycles. The number of para-hydroxylation sites is 1. The summed E-state index contributed by atoms with van der Waals surface area (Å²) < 4.78 is -1.21. The van der Waals surface area contributed by atoms with Crippen LogP contribution in [0.2, 0.25) is 5.02 Å². The lowest BCUT2D eigenvalue weighted by atomic mass is 9.66. The van der Waals surface area contributed by atoms with Crippen molar-refractivity contribution in [3.63, 3.8) is 0 Å². The van der Waals surface area contributed by atoms with E-state index in [-0.39, 0.29) is 24.3 Å². The molecular weight excluding hydrogens is 498 g/mol. The van der Waals surface area contributed by atoms with Gasteiger partial charge >= 0.3 is 0 Å². The molecule has 2 bridgehead atoms. The summed E-state index contributed by atoms with van der Waals surface area (Å²) in [5, 5.41) is 16.6. The molecule has 2 aromatic rings. The molecule has 190 valence electrons. The van der Waals surface area contributed by atoms with E-state index < -0.39 is 33.4 Å². The predicted molar refractivity (Wildman–Crippen MR) is 141 cm³/mol. The number of aliphatic hydroxyl groups is 1. The molecule has 3 fully saturated rings.